The van der Waals surface area contributed by atoms with Crippen molar-refractivity contribution in [3.63, 3.8) is 0 Å². The minimum atomic E-state index is -0.0191. The summed E-state index contributed by atoms with van der Waals surface area (Å²) in [6.07, 6.45) is 1.94. The van der Waals surface area contributed by atoms with Crippen LogP contribution in [0, 0.1) is 6.67 Å². The molecule has 294 valence electrons. The average molecular weight is 774 g/mol. The third-order valence-corrected chi connectivity index (χ3v) is 12.6. The van der Waals surface area contributed by atoms with E-state index in [1.54, 1.807) is 0 Å². The number of fused-ring (bicyclic) bond motifs is 7. The Hall–Kier alpha value is -6.01. The molecule has 2 aromatic heterocycles. The first kappa shape index (κ1) is 37.3. The molecule has 0 aliphatic carbocycles. The minimum absolute atomic E-state index is 0.0191. The zero-order valence-corrected chi connectivity index (χ0v) is 35.7. The highest BCUT2D eigenvalue weighted by atomic mass is 16.5. The maximum atomic E-state index is 6.86. The van der Waals surface area contributed by atoms with Crippen molar-refractivity contribution >= 4 is 44.6 Å². The van der Waals surface area contributed by atoms with Crippen LogP contribution in [0.5, 0.6) is 11.5 Å². The van der Waals surface area contributed by atoms with Gasteiger partial charge >= 0.3 is 0 Å². The van der Waals surface area contributed by atoms with Crippen LogP contribution < -0.4 is 13.9 Å². The smallest absolute Gasteiger partial charge is 0.225 e. The van der Waals surface area contributed by atoms with Gasteiger partial charge in [-0.25, -0.2) is 4.98 Å². The van der Waals surface area contributed by atoms with Crippen LogP contribution in [-0.4, -0.2) is 9.55 Å². The van der Waals surface area contributed by atoms with Gasteiger partial charge in [0, 0.05) is 59.4 Å². The van der Waals surface area contributed by atoms with E-state index in [9.17, 15) is 0 Å². The van der Waals surface area contributed by atoms with Gasteiger partial charge in [0.1, 0.15) is 17.3 Å². The molecular weight excluding hydrogens is 721 g/mol. The first-order valence-electron chi connectivity index (χ1n) is 20.9. The first-order valence-corrected chi connectivity index (χ1v) is 20.9. The molecule has 0 radical (unpaired) electrons. The van der Waals surface area contributed by atoms with Gasteiger partial charge in [0.25, 0.3) is 0 Å². The second-order valence-corrected chi connectivity index (χ2v) is 19.6. The molecule has 1 unspecified atom stereocenters. The fraction of sp³-hybridized carbons (Fsp3) is 0.222. The summed E-state index contributed by atoms with van der Waals surface area (Å²) in [6, 6.07) is 53.2. The van der Waals surface area contributed by atoms with E-state index in [-0.39, 0.29) is 16.2 Å². The molecule has 5 heteroatoms. The molecule has 0 bridgehead atoms. The van der Waals surface area contributed by atoms with Crippen LogP contribution in [0.1, 0.15) is 79.0 Å². The molecule has 6 aromatic carbocycles. The highest BCUT2D eigenvalue weighted by molar-refractivity contribution is 6.10. The molecule has 1 saturated heterocycles. The summed E-state index contributed by atoms with van der Waals surface area (Å²) in [5, 5.41) is 2.34. The third-order valence-electron chi connectivity index (χ3n) is 12.6. The lowest BCUT2D eigenvalue weighted by atomic mass is 9.85. The monoisotopic (exact) mass is 773 g/mol. The Bertz CT molecular complexity index is 2960. The highest BCUT2D eigenvalue weighted by Gasteiger charge is 2.78. The molecule has 10 rings (SSSR count). The van der Waals surface area contributed by atoms with Crippen LogP contribution in [0.15, 0.2) is 152 Å². The first-order chi connectivity index (χ1) is 28.1. The van der Waals surface area contributed by atoms with E-state index in [4.69, 9.17) is 9.72 Å². The van der Waals surface area contributed by atoms with Gasteiger partial charge in [-0.15, -0.1) is 0 Å². The molecule has 2 atom stereocenters. The summed E-state index contributed by atoms with van der Waals surface area (Å²) in [4.78, 5) is 4.95. The fourth-order valence-corrected chi connectivity index (χ4v) is 9.17. The molecule has 8 aromatic rings. The van der Waals surface area contributed by atoms with Gasteiger partial charge in [0.15, 0.2) is 18.0 Å². The quantitative estimate of drug-likeness (QED) is 0.0956. The summed E-state index contributed by atoms with van der Waals surface area (Å²) in [5.74, 6) is 2.48. The van der Waals surface area contributed by atoms with Crippen LogP contribution in [0.4, 0.5) is 22.7 Å². The van der Waals surface area contributed by atoms with Gasteiger partial charge in [-0.1, -0.05) is 123 Å². The van der Waals surface area contributed by atoms with E-state index < -0.39 is 0 Å². The number of quaternary nitrogens is 2. The Morgan fingerprint density at radius 2 is 1.14 bits per heavy atom. The Kier molecular flexibility index (Phi) is 8.05. The molecule has 0 saturated carbocycles. The Labute approximate surface area is 348 Å². The van der Waals surface area contributed by atoms with Crippen molar-refractivity contribution < 1.29 is 4.74 Å². The van der Waals surface area contributed by atoms with E-state index in [1.807, 2.05) is 6.20 Å². The Morgan fingerprint density at radius 1 is 0.475 bits per heavy atom. The predicted molar refractivity (Wildman–Crippen MR) is 247 cm³/mol. The van der Waals surface area contributed by atoms with Crippen molar-refractivity contribution in [1.29, 1.82) is 0 Å². The largest absolute Gasteiger partial charge is 0.457 e. The van der Waals surface area contributed by atoms with Crippen molar-refractivity contribution in [3.05, 3.63) is 175 Å². The summed E-state index contributed by atoms with van der Waals surface area (Å²) < 4.78 is 10.4. The van der Waals surface area contributed by atoms with E-state index >= 15 is 0 Å². The molecule has 2 aliphatic rings. The maximum Gasteiger partial charge on any atom is 0.225 e. The highest BCUT2D eigenvalue weighted by Crippen LogP contribution is 2.75. The van der Waals surface area contributed by atoms with Gasteiger partial charge in [-0.2, -0.15) is 9.18 Å². The third kappa shape index (κ3) is 5.78. The zero-order valence-electron chi connectivity index (χ0n) is 35.7. The average Bonchev–Trinajstić information content (AvgIpc) is 3.71. The van der Waals surface area contributed by atoms with Crippen LogP contribution in [0.3, 0.4) is 0 Å². The zero-order chi connectivity index (χ0) is 41.1. The summed E-state index contributed by atoms with van der Waals surface area (Å²) in [6.45, 7) is 23.0. The summed E-state index contributed by atoms with van der Waals surface area (Å²) in [7, 11) is 0. The van der Waals surface area contributed by atoms with Gasteiger partial charge in [0.2, 0.25) is 11.4 Å². The van der Waals surface area contributed by atoms with Crippen molar-refractivity contribution in [1.82, 2.24) is 18.7 Å². The topological polar surface area (TPSA) is 27.1 Å². The lowest BCUT2D eigenvalue weighted by Gasteiger charge is -2.41. The summed E-state index contributed by atoms with van der Waals surface area (Å²) >= 11 is 0. The second-order valence-electron chi connectivity index (χ2n) is 19.6. The predicted octanol–water partition coefficient (Wildman–Crippen LogP) is 14.9. The molecule has 59 heavy (non-hydrogen) atoms. The number of aromatic nitrogens is 2. The number of ether oxygens (including phenoxy) is 1. The molecule has 5 nitrogen and oxygen atoms in total. The number of pyridine rings is 1. The number of hydrogen-bond donors (Lipinski definition) is 0. The van der Waals surface area contributed by atoms with E-state index in [0.717, 1.165) is 33.7 Å². The normalized spacial score (nSPS) is 18.7. The Morgan fingerprint density at radius 3 is 1.88 bits per heavy atom. The Balaban J connectivity index is 1.08. The molecule has 2 aliphatic heterocycles. The summed E-state index contributed by atoms with van der Waals surface area (Å²) in [5.41, 5.74) is 13.6. The van der Waals surface area contributed by atoms with Crippen molar-refractivity contribution in [3.8, 4) is 28.4 Å². The number of benzene rings is 6. The minimum Gasteiger partial charge on any atom is -0.457 e. The maximum absolute atomic E-state index is 6.86. The van der Waals surface area contributed by atoms with Crippen LogP contribution in [-0.2, 0) is 16.2 Å². The lowest BCUT2D eigenvalue weighted by molar-refractivity contribution is 0.421. The molecular formula is C54H53N4O+. The van der Waals surface area contributed by atoms with Crippen molar-refractivity contribution in [2.45, 2.75) is 78.6 Å². The van der Waals surface area contributed by atoms with Crippen molar-refractivity contribution in [2.24, 2.45) is 0 Å². The van der Waals surface area contributed by atoms with E-state index in [2.05, 4.69) is 219 Å². The molecule has 0 spiro atoms. The standard InChI is InChI=1S/C54H53N4O/c1-52(2,3)38-17-13-18-41(30-38)58-35-57(58,49-26-22-39(31-50(49)58)53(4,5)6)42-19-14-20-43(33-42)59-44-23-24-45-46-29-37(36-15-11-10-12-16-36)21-25-47(46)56(48(45)34-44)51-32-40(27-28-55-51)54(7,8)9/h10-35H,1-9H3/q+1/t57?,58-/m0/s1. The molecule has 0 N–H and O–H groups in total. The van der Waals surface area contributed by atoms with Crippen LogP contribution in [0.25, 0.3) is 38.8 Å². The lowest BCUT2D eigenvalue weighted by Crippen LogP contribution is -2.46. The van der Waals surface area contributed by atoms with Gasteiger partial charge in [0.05, 0.1) is 11.0 Å². The molecule has 0 amide bonds. The SMILES string of the molecule is CC(C)(C)c1cccc([N@+]23[CH-][N+]2(c2cccc(Oc4ccc5c6cc(-c7ccccc7)ccc6n(-c6cc(C(C)(C)C)ccn6)c5c4)c2)c2ccc(C(C)(C)C)cc23)c1. The van der Waals surface area contributed by atoms with E-state index in [1.165, 1.54) is 56.0 Å². The van der Waals surface area contributed by atoms with Gasteiger partial charge in [-0.05, 0) is 86.5 Å². The van der Waals surface area contributed by atoms with Crippen molar-refractivity contribution in [2.75, 3.05) is 0 Å². The number of rotatable bonds is 6. The van der Waals surface area contributed by atoms with Crippen LogP contribution >= 0.6 is 0 Å². The molecule has 4 heterocycles. The number of hydrogen-bond acceptors (Lipinski definition) is 2. The van der Waals surface area contributed by atoms with E-state index in [0.29, 0.717) is 9.18 Å². The van der Waals surface area contributed by atoms with Crippen LogP contribution in [0.2, 0.25) is 0 Å². The van der Waals surface area contributed by atoms with Gasteiger partial charge in [-0.3, -0.25) is 4.57 Å². The second kappa shape index (κ2) is 12.7. The number of nitrogens with zero attached hydrogens (tertiary/aromatic N) is 4. The van der Waals surface area contributed by atoms with Gasteiger partial charge < -0.3 is 4.74 Å². The molecule has 1 fully saturated rings. The fourth-order valence-electron chi connectivity index (χ4n) is 9.17.